The number of likely N-dealkylation sites (tertiary alicyclic amines) is 1. The highest BCUT2D eigenvalue weighted by Crippen LogP contribution is 2.35. The van der Waals surface area contributed by atoms with E-state index in [-0.39, 0.29) is 5.75 Å². The maximum atomic E-state index is 10.1. The van der Waals surface area contributed by atoms with Crippen molar-refractivity contribution in [1.29, 1.82) is 5.26 Å². The van der Waals surface area contributed by atoms with Crippen molar-refractivity contribution < 1.29 is 5.11 Å². The van der Waals surface area contributed by atoms with Crippen molar-refractivity contribution >= 4 is 0 Å². The summed E-state index contributed by atoms with van der Waals surface area (Å²) in [4.78, 5) is 2.36. The van der Waals surface area contributed by atoms with Crippen LogP contribution in [0.2, 0.25) is 0 Å². The summed E-state index contributed by atoms with van der Waals surface area (Å²) < 4.78 is 0. The molecule has 94 valence electrons. The Balaban J connectivity index is 2.10. The molecule has 0 radical (unpaired) electrons. The molecule has 3 heteroatoms. The minimum Gasteiger partial charge on any atom is -0.506 e. The lowest BCUT2D eigenvalue weighted by molar-refractivity contribution is 0.231. The first-order valence-electron chi connectivity index (χ1n) is 6.31. The van der Waals surface area contributed by atoms with Gasteiger partial charge >= 0.3 is 0 Å². The number of phenolic OH excluding ortho intramolecular Hbond substituents is 1. The van der Waals surface area contributed by atoms with E-state index in [0.717, 1.165) is 38.0 Å². The quantitative estimate of drug-likeness (QED) is 0.829. The molecule has 0 atom stereocenters. The Bertz CT molecular complexity index is 468. The summed E-state index contributed by atoms with van der Waals surface area (Å²) in [5.41, 5.74) is 1.30. The standard InChI is InChI=1S/C15H18N2O/c1-2-8-17-9-6-12(7-10-17)14-5-3-4-13(11-16)15(14)18/h2-5,12,18H,1,6-10H2. The highest BCUT2D eigenvalue weighted by Gasteiger charge is 2.22. The van der Waals surface area contributed by atoms with Gasteiger partial charge in [0.25, 0.3) is 0 Å². The molecule has 1 aliphatic heterocycles. The molecule has 0 bridgehead atoms. The Morgan fingerprint density at radius 1 is 1.44 bits per heavy atom. The first-order chi connectivity index (χ1) is 8.76. The Morgan fingerprint density at radius 2 is 2.17 bits per heavy atom. The van der Waals surface area contributed by atoms with E-state index in [1.54, 1.807) is 6.07 Å². The van der Waals surface area contributed by atoms with Gasteiger partial charge in [-0.3, -0.25) is 4.90 Å². The fourth-order valence-corrected chi connectivity index (χ4v) is 2.59. The Kier molecular flexibility index (Phi) is 4.01. The zero-order chi connectivity index (χ0) is 13.0. The van der Waals surface area contributed by atoms with Crippen molar-refractivity contribution in [2.45, 2.75) is 18.8 Å². The molecule has 0 amide bonds. The zero-order valence-corrected chi connectivity index (χ0v) is 10.5. The number of hydrogen-bond donors (Lipinski definition) is 1. The average molecular weight is 242 g/mol. The summed E-state index contributed by atoms with van der Waals surface area (Å²) in [5, 5.41) is 19.0. The number of hydrogen-bond acceptors (Lipinski definition) is 3. The Labute approximate surface area is 108 Å². The van der Waals surface area contributed by atoms with Gasteiger partial charge in [0, 0.05) is 6.54 Å². The van der Waals surface area contributed by atoms with Crippen molar-refractivity contribution in [3.05, 3.63) is 42.0 Å². The average Bonchev–Trinajstić information content (AvgIpc) is 2.41. The number of para-hydroxylation sites is 1. The van der Waals surface area contributed by atoms with E-state index in [9.17, 15) is 5.11 Å². The molecule has 1 heterocycles. The molecule has 1 N–H and O–H groups in total. The fraction of sp³-hybridized carbons (Fsp3) is 0.400. The van der Waals surface area contributed by atoms with Crippen LogP contribution in [0.4, 0.5) is 0 Å². The molecule has 0 aromatic heterocycles. The molecule has 18 heavy (non-hydrogen) atoms. The van der Waals surface area contributed by atoms with E-state index in [4.69, 9.17) is 5.26 Å². The molecule has 1 saturated heterocycles. The summed E-state index contributed by atoms with van der Waals surface area (Å²) in [6.07, 6.45) is 3.97. The van der Waals surface area contributed by atoms with Gasteiger partial charge < -0.3 is 5.11 Å². The van der Waals surface area contributed by atoms with Crippen molar-refractivity contribution in [2.24, 2.45) is 0 Å². The molecule has 1 aliphatic rings. The second-order valence-electron chi connectivity index (χ2n) is 4.72. The minimum atomic E-state index is 0.169. The number of aromatic hydroxyl groups is 1. The largest absolute Gasteiger partial charge is 0.506 e. The van der Waals surface area contributed by atoms with Gasteiger partial charge in [-0.15, -0.1) is 6.58 Å². The van der Waals surface area contributed by atoms with E-state index in [0.29, 0.717) is 11.5 Å². The predicted octanol–water partition coefficient (Wildman–Crippen LogP) is 2.63. The number of phenols is 1. The van der Waals surface area contributed by atoms with E-state index in [1.165, 1.54) is 0 Å². The summed E-state index contributed by atoms with van der Waals surface area (Å²) in [6.45, 7) is 6.72. The molecule has 0 aliphatic carbocycles. The summed E-state index contributed by atoms with van der Waals surface area (Å²) in [6, 6.07) is 7.47. The van der Waals surface area contributed by atoms with E-state index in [2.05, 4.69) is 11.5 Å². The number of rotatable bonds is 3. The number of piperidine rings is 1. The maximum absolute atomic E-state index is 10.1. The van der Waals surface area contributed by atoms with Crippen LogP contribution in [0.5, 0.6) is 5.75 Å². The third kappa shape index (κ3) is 2.55. The van der Waals surface area contributed by atoms with E-state index < -0.39 is 0 Å². The third-order valence-corrected chi connectivity index (χ3v) is 3.60. The van der Waals surface area contributed by atoms with E-state index >= 15 is 0 Å². The SMILES string of the molecule is C=CCN1CCC(c2cccc(C#N)c2O)CC1. The van der Waals surface area contributed by atoms with Gasteiger partial charge in [0.1, 0.15) is 11.8 Å². The highest BCUT2D eigenvalue weighted by atomic mass is 16.3. The lowest BCUT2D eigenvalue weighted by atomic mass is 9.88. The van der Waals surface area contributed by atoms with Crippen LogP contribution in [0, 0.1) is 11.3 Å². The Morgan fingerprint density at radius 3 is 2.78 bits per heavy atom. The topological polar surface area (TPSA) is 47.3 Å². The Hall–Kier alpha value is -1.79. The monoisotopic (exact) mass is 242 g/mol. The summed E-state index contributed by atoms with van der Waals surface area (Å²) in [5.74, 6) is 0.529. The van der Waals surface area contributed by atoms with Crippen molar-refractivity contribution in [1.82, 2.24) is 4.90 Å². The van der Waals surface area contributed by atoms with Crippen LogP contribution in [0.1, 0.15) is 29.9 Å². The summed E-state index contributed by atoms with van der Waals surface area (Å²) >= 11 is 0. The molecule has 0 saturated carbocycles. The van der Waals surface area contributed by atoms with Gasteiger partial charge in [-0.25, -0.2) is 0 Å². The molecule has 0 unspecified atom stereocenters. The zero-order valence-electron chi connectivity index (χ0n) is 10.5. The number of nitriles is 1. The smallest absolute Gasteiger partial charge is 0.136 e. The minimum absolute atomic E-state index is 0.169. The molecular weight excluding hydrogens is 224 g/mol. The number of nitrogens with zero attached hydrogens (tertiary/aromatic N) is 2. The van der Waals surface area contributed by atoms with Crippen molar-refractivity contribution in [3.63, 3.8) is 0 Å². The normalized spacial score (nSPS) is 17.3. The highest BCUT2D eigenvalue weighted by molar-refractivity contribution is 5.48. The van der Waals surface area contributed by atoms with Crippen LogP contribution in [0.15, 0.2) is 30.9 Å². The lowest BCUT2D eigenvalue weighted by Crippen LogP contribution is -2.32. The van der Waals surface area contributed by atoms with Crippen LogP contribution in [0.3, 0.4) is 0 Å². The van der Waals surface area contributed by atoms with Gasteiger partial charge in [-0.05, 0) is 43.5 Å². The molecular formula is C15H18N2O. The van der Waals surface area contributed by atoms with E-state index in [1.807, 2.05) is 24.3 Å². The molecule has 1 aromatic carbocycles. The maximum Gasteiger partial charge on any atom is 0.136 e. The van der Waals surface area contributed by atoms with Crippen molar-refractivity contribution in [2.75, 3.05) is 19.6 Å². The van der Waals surface area contributed by atoms with Crippen LogP contribution in [0.25, 0.3) is 0 Å². The van der Waals surface area contributed by atoms with Gasteiger partial charge in [0.05, 0.1) is 5.56 Å². The van der Waals surface area contributed by atoms with Gasteiger partial charge in [0.2, 0.25) is 0 Å². The molecule has 1 aromatic rings. The van der Waals surface area contributed by atoms with Crippen LogP contribution in [-0.2, 0) is 0 Å². The third-order valence-electron chi connectivity index (χ3n) is 3.60. The number of benzene rings is 1. The van der Waals surface area contributed by atoms with Gasteiger partial charge in [-0.1, -0.05) is 18.2 Å². The lowest BCUT2D eigenvalue weighted by Gasteiger charge is -2.31. The van der Waals surface area contributed by atoms with Gasteiger partial charge in [0.15, 0.2) is 0 Å². The van der Waals surface area contributed by atoms with Crippen molar-refractivity contribution in [3.8, 4) is 11.8 Å². The first kappa shape index (κ1) is 12.7. The second kappa shape index (κ2) is 5.70. The fourth-order valence-electron chi connectivity index (χ4n) is 2.59. The summed E-state index contributed by atoms with van der Waals surface area (Å²) in [7, 11) is 0. The first-order valence-corrected chi connectivity index (χ1v) is 6.31. The molecule has 3 nitrogen and oxygen atoms in total. The molecule has 2 rings (SSSR count). The van der Waals surface area contributed by atoms with Crippen LogP contribution in [-0.4, -0.2) is 29.6 Å². The van der Waals surface area contributed by atoms with Gasteiger partial charge in [-0.2, -0.15) is 5.26 Å². The van der Waals surface area contributed by atoms with Crippen LogP contribution < -0.4 is 0 Å². The van der Waals surface area contributed by atoms with Crippen LogP contribution >= 0.6 is 0 Å². The second-order valence-corrected chi connectivity index (χ2v) is 4.72. The predicted molar refractivity (Wildman–Crippen MR) is 71.4 cm³/mol. The molecule has 1 fully saturated rings. The molecule has 0 spiro atoms.